The van der Waals surface area contributed by atoms with Crippen LogP contribution in [0.15, 0.2) is 35.4 Å². The second-order valence-corrected chi connectivity index (χ2v) is 11.4. The molecule has 0 bridgehead atoms. The first-order chi connectivity index (χ1) is 13.1. The van der Waals surface area contributed by atoms with Crippen molar-refractivity contribution in [2.24, 2.45) is 5.92 Å². The fraction of sp³-hybridized carbons (Fsp3) is 0.500. The molecule has 8 heteroatoms. The lowest BCUT2D eigenvalue weighted by Crippen LogP contribution is -2.41. The Morgan fingerprint density at radius 1 is 1.18 bits per heavy atom. The molecule has 2 aromatic rings. The molecule has 152 valence electrons. The van der Waals surface area contributed by atoms with E-state index < -0.39 is 10.0 Å². The van der Waals surface area contributed by atoms with Crippen molar-refractivity contribution in [1.82, 2.24) is 9.29 Å². The SMILES string of the molecule is Cc1cnc(NC(=O)C2CCN(S(=O)(=O)c3ccc(C(C)(C)C)cc3)CC2)s1. The lowest BCUT2D eigenvalue weighted by molar-refractivity contribution is -0.120. The third kappa shape index (κ3) is 4.61. The highest BCUT2D eigenvalue weighted by molar-refractivity contribution is 7.89. The van der Waals surface area contributed by atoms with E-state index in [1.807, 2.05) is 19.1 Å². The number of carbonyl (C=O) groups excluding carboxylic acids is 1. The molecular formula is C20H27N3O3S2. The lowest BCUT2D eigenvalue weighted by atomic mass is 9.87. The van der Waals surface area contributed by atoms with Gasteiger partial charge in [-0.05, 0) is 42.9 Å². The summed E-state index contributed by atoms with van der Waals surface area (Å²) in [7, 11) is -3.54. The summed E-state index contributed by atoms with van der Waals surface area (Å²) in [6, 6.07) is 7.12. The van der Waals surface area contributed by atoms with Crippen LogP contribution in [0.1, 0.15) is 44.1 Å². The molecule has 1 aliphatic heterocycles. The number of piperidine rings is 1. The highest BCUT2D eigenvalue weighted by atomic mass is 32.2. The standard InChI is InChI=1S/C20H27N3O3S2/c1-14-13-21-19(27-14)22-18(24)15-9-11-23(12-10-15)28(25,26)17-7-5-16(6-8-17)20(2,3)4/h5-8,13,15H,9-12H2,1-4H3,(H,21,22,24). The number of nitrogens with zero attached hydrogens (tertiary/aromatic N) is 2. The predicted molar refractivity (Wildman–Crippen MR) is 112 cm³/mol. The molecular weight excluding hydrogens is 394 g/mol. The molecule has 0 saturated carbocycles. The molecule has 1 aliphatic rings. The van der Waals surface area contributed by atoms with E-state index in [2.05, 4.69) is 31.1 Å². The van der Waals surface area contributed by atoms with E-state index in [-0.39, 0.29) is 17.2 Å². The maximum absolute atomic E-state index is 12.9. The number of aryl methyl sites for hydroxylation is 1. The summed E-state index contributed by atoms with van der Waals surface area (Å²) in [6.07, 6.45) is 2.74. The molecule has 28 heavy (non-hydrogen) atoms. The van der Waals surface area contributed by atoms with Gasteiger partial charge in [0, 0.05) is 30.1 Å². The van der Waals surface area contributed by atoms with Crippen LogP contribution < -0.4 is 5.32 Å². The van der Waals surface area contributed by atoms with Gasteiger partial charge in [0.1, 0.15) is 0 Å². The number of amides is 1. The summed E-state index contributed by atoms with van der Waals surface area (Å²) in [5.74, 6) is -0.278. The van der Waals surface area contributed by atoms with Crippen LogP contribution in [0.25, 0.3) is 0 Å². The minimum atomic E-state index is -3.54. The molecule has 1 N–H and O–H groups in total. The van der Waals surface area contributed by atoms with Gasteiger partial charge in [0.15, 0.2) is 5.13 Å². The third-order valence-electron chi connectivity index (χ3n) is 5.03. The van der Waals surface area contributed by atoms with Gasteiger partial charge < -0.3 is 5.32 Å². The summed E-state index contributed by atoms with van der Waals surface area (Å²) in [4.78, 5) is 17.9. The fourth-order valence-electron chi connectivity index (χ4n) is 3.25. The largest absolute Gasteiger partial charge is 0.302 e. The zero-order chi connectivity index (χ0) is 20.5. The van der Waals surface area contributed by atoms with Crippen molar-refractivity contribution >= 4 is 32.4 Å². The molecule has 1 fully saturated rings. The monoisotopic (exact) mass is 421 g/mol. The number of sulfonamides is 1. The highest BCUT2D eigenvalue weighted by Crippen LogP contribution is 2.28. The van der Waals surface area contributed by atoms with Crippen LogP contribution in [0.4, 0.5) is 5.13 Å². The van der Waals surface area contributed by atoms with Crippen LogP contribution in [0.2, 0.25) is 0 Å². The second kappa shape index (κ2) is 7.93. The number of benzene rings is 1. The van der Waals surface area contributed by atoms with Gasteiger partial charge >= 0.3 is 0 Å². The zero-order valence-corrected chi connectivity index (χ0v) is 18.4. The average molecular weight is 422 g/mol. The number of anilines is 1. The Kier molecular flexibility index (Phi) is 5.93. The van der Waals surface area contributed by atoms with E-state index in [0.717, 1.165) is 10.4 Å². The normalized spacial score (nSPS) is 16.9. The first kappa shape index (κ1) is 21.0. The summed E-state index contributed by atoms with van der Waals surface area (Å²) in [5, 5.41) is 3.43. The van der Waals surface area contributed by atoms with Crippen molar-refractivity contribution in [3.8, 4) is 0 Å². The van der Waals surface area contributed by atoms with Gasteiger partial charge in [0.05, 0.1) is 4.90 Å². The van der Waals surface area contributed by atoms with Gasteiger partial charge in [-0.25, -0.2) is 13.4 Å². The molecule has 1 aromatic carbocycles. The van der Waals surface area contributed by atoms with E-state index >= 15 is 0 Å². The molecule has 6 nitrogen and oxygen atoms in total. The highest BCUT2D eigenvalue weighted by Gasteiger charge is 2.32. The number of rotatable bonds is 4. The number of thiazole rings is 1. The lowest BCUT2D eigenvalue weighted by Gasteiger charge is -2.30. The van der Waals surface area contributed by atoms with Crippen LogP contribution in [0.5, 0.6) is 0 Å². The summed E-state index contributed by atoms with van der Waals surface area (Å²) >= 11 is 1.44. The molecule has 0 atom stereocenters. The summed E-state index contributed by atoms with van der Waals surface area (Å²) in [5.41, 5.74) is 1.07. The van der Waals surface area contributed by atoms with Crippen LogP contribution in [0, 0.1) is 12.8 Å². The van der Waals surface area contributed by atoms with E-state index in [9.17, 15) is 13.2 Å². The Hall–Kier alpha value is -1.77. The van der Waals surface area contributed by atoms with E-state index in [0.29, 0.717) is 36.0 Å². The number of aromatic nitrogens is 1. The van der Waals surface area contributed by atoms with Crippen LogP contribution >= 0.6 is 11.3 Å². The van der Waals surface area contributed by atoms with Gasteiger partial charge in [-0.3, -0.25) is 4.79 Å². The van der Waals surface area contributed by atoms with Gasteiger partial charge in [-0.15, -0.1) is 11.3 Å². The van der Waals surface area contributed by atoms with E-state index in [1.54, 1.807) is 18.3 Å². The van der Waals surface area contributed by atoms with Crippen LogP contribution in [-0.2, 0) is 20.2 Å². The third-order valence-corrected chi connectivity index (χ3v) is 7.78. The zero-order valence-electron chi connectivity index (χ0n) is 16.7. The first-order valence-electron chi connectivity index (χ1n) is 9.41. The number of hydrogen-bond donors (Lipinski definition) is 1. The predicted octanol–water partition coefficient (Wildman–Crippen LogP) is 3.79. The van der Waals surface area contributed by atoms with Crippen molar-refractivity contribution in [1.29, 1.82) is 0 Å². The van der Waals surface area contributed by atoms with Crippen molar-refractivity contribution in [2.45, 2.75) is 50.8 Å². The first-order valence-corrected chi connectivity index (χ1v) is 11.7. The molecule has 2 heterocycles. The minimum Gasteiger partial charge on any atom is -0.302 e. The molecule has 0 radical (unpaired) electrons. The smallest absolute Gasteiger partial charge is 0.243 e. The molecule has 1 amide bonds. The van der Waals surface area contributed by atoms with Crippen molar-refractivity contribution in [3.63, 3.8) is 0 Å². The van der Waals surface area contributed by atoms with Crippen LogP contribution in [-0.4, -0.2) is 36.7 Å². The fourth-order valence-corrected chi connectivity index (χ4v) is 5.39. The Morgan fingerprint density at radius 3 is 2.29 bits per heavy atom. The molecule has 3 rings (SSSR count). The number of hydrogen-bond acceptors (Lipinski definition) is 5. The van der Waals surface area contributed by atoms with Crippen molar-refractivity contribution < 1.29 is 13.2 Å². The Balaban J connectivity index is 1.62. The molecule has 0 unspecified atom stereocenters. The molecule has 1 saturated heterocycles. The van der Waals surface area contributed by atoms with Gasteiger partial charge in [-0.2, -0.15) is 4.31 Å². The summed E-state index contributed by atoms with van der Waals surface area (Å²) < 4.78 is 27.4. The van der Waals surface area contributed by atoms with E-state index in [1.165, 1.54) is 15.6 Å². The maximum atomic E-state index is 12.9. The average Bonchev–Trinajstić information content (AvgIpc) is 3.06. The minimum absolute atomic E-state index is 0.0238. The number of nitrogens with one attached hydrogen (secondary N) is 1. The second-order valence-electron chi connectivity index (χ2n) is 8.22. The molecule has 1 aromatic heterocycles. The van der Waals surface area contributed by atoms with Gasteiger partial charge in [0.25, 0.3) is 0 Å². The van der Waals surface area contributed by atoms with Gasteiger partial charge in [0.2, 0.25) is 15.9 Å². The Labute approximate surface area is 171 Å². The Bertz CT molecular complexity index is 936. The topological polar surface area (TPSA) is 79.4 Å². The Morgan fingerprint density at radius 2 is 1.79 bits per heavy atom. The van der Waals surface area contributed by atoms with Crippen molar-refractivity contribution in [2.75, 3.05) is 18.4 Å². The van der Waals surface area contributed by atoms with Crippen molar-refractivity contribution in [3.05, 3.63) is 40.9 Å². The quantitative estimate of drug-likeness (QED) is 0.815. The maximum Gasteiger partial charge on any atom is 0.243 e. The van der Waals surface area contributed by atoms with Crippen LogP contribution in [0.3, 0.4) is 0 Å². The molecule has 0 spiro atoms. The number of carbonyl (C=O) groups is 1. The van der Waals surface area contributed by atoms with E-state index in [4.69, 9.17) is 0 Å². The summed E-state index contributed by atoms with van der Waals surface area (Å²) in [6.45, 7) is 8.92. The van der Waals surface area contributed by atoms with Gasteiger partial charge in [-0.1, -0.05) is 32.9 Å². The molecule has 0 aliphatic carbocycles.